The van der Waals surface area contributed by atoms with E-state index in [2.05, 4.69) is 48.3 Å². The number of nitrogens with one attached hydrogen (secondary N) is 1. The summed E-state index contributed by atoms with van der Waals surface area (Å²) >= 11 is 0. The quantitative estimate of drug-likeness (QED) is 0.801. The Morgan fingerprint density at radius 2 is 1.72 bits per heavy atom. The highest BCUT2D eigenvalue weighted by Crippen LogP contribution is 2.18. The van der Waals surface area contributed by atoms with Crippen LogP contribution in [-0.2, 0) is 11.2 Å². The largest absolute Gasteiger partial charge is 0.484 e. The third kappa shape index (κ3) is 5.91. The summed E-state index contributed by atoms with van der Waals surface area (Å²) in [4.78, 5) is 14.2. The van der Waals surface area contributed by atoms with Crippen LogP contribution in [0.15, 0.2) is 48.5 Å². The van der Waals surface area contributed by atoms with Crippen molar-refractivity contribution >= 4 is 5.91 Å². The van der Waals surface area contributed by atoms with E-state index in [9.17, 15) is 4.79 Å². The molecule has 25 heavy (non-hydrogen) atoms. The molecule has 1 amide bonds. The minimum atomic E-state index is -0.112. The van der Waals surface area contributed by atoms with Crippen molar-refractivity contribution in [2.24, 2.45) is 0 Å². The van der Waals surface area contributed by atoms with Gasteiger partial charge in [0.1, 0.15) is 5.75 Å². The fourth-order valence-corrected chi connectivity index (χ4v) is 2.62. The summed E-state index contributed by atoms with van der Waals surface area (Å²) in [6.07, 6.45) is 0.992. The number of carbonyl (C=O) groups is 1. The zero-order chi connectivity index (χ0) is 18.2. The van der Waals surface area contributed by atoms with Crippen molar-refractivity contribution in [3.05, 3.63) is 65.2 Å². The predicted octanol–water partition coefficient (Wildman–Crippen LogP) is 3.36. The highest BCUT2D eigenvalue weighted by Gasteiger charge is 2.15. The second kappa shape index (κ2) is 9.23. The molecule has 2 aromatic carbocycles. The lowest BCUT2D eigenvalue weighted by Gasteiger charge is -2.25. The lowest BCUT2D eigenvalue weighted by molar-refractivity contribution is -0.123. The standard InChI is InChI=1S/C21H28N2O2/c1-5-17-8-12-19(13-9-17)25-15-21(24)22-14-20(23(3)4)18-10-6-16(2)7-11-18/h6-13,20H,5,14-15H2,1-4H3,(H,22,24)/t20-/m0/s1. The van der Waals surface area contributed by atoms with Crippen molar-refractivity contribution < 1.29 is 9.53 Å². The van der Waals surface area contributed by atoms with Crippen LogP contribution in [0.1, 0.15) is 29.7 Å². The van der Waals surface area contributed by atoms with E-state index >= 15 is 0 Å². The number of amides is 1. The zero-order valence-electron chi connectivity index (χ0n) is 15.6. The van der Waals surface area contributed by atoms with E-state index in [4.69, 9.17) is 4.74 Å². The Bertz CT molecular complexity index is 663. The monoisotopic (exact) mass is 340 g/mol. The molecule has 0 fully saturated rings. The van der Waals surface area contributed by atoms with Crippen LogP contribution in [0, 0.1) is 6.92 Å². The summed E-state index contributed by atoms with van der Waals surface area (Å²) in [6.45, 7) is 4.76. The normalized spacial score (nSPS) is 12.0. The Morgan fingerprint density at radius 1 is 1.08 bits per heavy atom. The molecule has 0 radical (unpaired) electrons. The van der Waals surface area contributed by atoms with E-state index in [1.54, 1.807) is 0 Å². The van der Waals surface area contributed by atoms with Crippen LogP contribution in [-0.4, -0.2) is 38.1 Å². The first-order valence-corrected chi connectivity index (χ1v) is 8.71. The molecule has 2 rings (SSSR count). The Morgan fingerprint density at radius 3 is 2.28 bits per heavy atom. The highest BCUT2D eigenvalue weighted by atomic mass is 16.5. The first-order chi connectivity index (χ1) is 12.0. The first-order valence-electron chi connectivity index (χ1n) is 8.71. The molecule has 134 valence electrons. The van der Waals surface area contributed by atoms with Crippen LogP contribution in [0.3, 0.4) is 0 Å². The van der Waals surface area contributed by atoms with Gasteiger partial charge in [-0.2, -0.15) is 0 Å². The molecule has 1 N–H and O–H groups in total. The maximum absolute atomic E-state index is 12.1. The van der Waals surface area contributed by atoms with Crippen LogP contribution in [0.4, 0.5) is 0 Å². The number of benzene rings is 2. The number of likely N-dealkylation sites (N-methyl/N-ethyl adjacent to an activating group) is 1. The van der Waals surface area contributed by atoms with Gasteiger partial charge in [0.05, 0.1) is 6.04 Å². The summed E-state index contributed by atoms with van der Waals surface area (Å²) in [5, 5.41) is 2.96. The topological polar surface area (TPSA) is 41.6 Å². The van der Waals surface area contributed by atoms with Gasteiger partial charge >= 0.3 is 0 Å². The molecular weight excluding hydrogens is 312 g/mol. The molecule has 4 nitrogen and oxygen atoms in total. The molecule has 0 aliphatic heterocycles. The van der Waals surface area contributed by atoms with E-state index in [1.807, 2.05) is 38.4 Å². The van der Waals surface area contributed by atoms with Gasteiger partial charge in [-0.05, 0) is 50.7 Å². The van der Waals surface area contributed by atoms with E-state index < -0.39 is 0 Å². The smallest absolute Gasteiger partial charge is 0.258 e. The van der Waals surface area contributed by atoms with Crippen LogP contribution in [0.2, 0.25) is 0 Å². The SMILES string of the molecule is CCc1ccc(OCC(=O)NC[C@@H](c2ccc(C)cc2)N(C)C)cc1. The number of nitrogens with zero attached hydrogens (tertiary/aromatic N) is 1. The molecule has 0 saturated heterocycles. The highest BCUT2D eigenvalue weighted by molar-refractivity contribution is 5.77. The van der Waals surface area contributed by atoms with Gasteiger partial charge < -0.3 is 15.0 Å². The Balaban J connectivity index is 1.85. The molecule has 0 aliphatic rings. The van der Waals surface area contributed by atoms with Crippen molar-refractivity contribution in [3.63, 3.8) is 0 Å². The molecule has 0 aromatic heterocycles. The first kappa shape index (κ1) is 19.0. The van der Waals surface area contributed by atoms with Crippen LogP contribution in [0.25, 0.3) is 0 Å². The lowest BCUT2D eigenvalue weighted by atomic mass is 10.0. The average molecular weight is 340 g/mol. The van der Waals surface area contributed by atoms with Gasteiger partial charge in [-0.1, -0.05) is 48.9 Å². The molecule has 0 unspecified atom stereocenters. The molecule has 0 saturated carbocycles. The van der Waals surface area contributed by atoms with E-state index in [0.29, 0.717) is 6.54 Å². The maximum Gasteiger partial charge on any atom is 0.258 e. The van der Waals surface area contributed by atoms with Gasteiger partial charge in [0.15, 0.2) is 6.61 Å². The Hall–Kier alpha value is -2.33. The average Bonchev–Trinajstić information content (AvgIpc) is 2.61. The Kier molecular flexibility index (Phi) is 7.02. The van der Waals surface area contributed by atoms with Crippen LogP contribution < -0.4 is 10.1 Å². The molecular formula is C21H28N2O2. The lowest BCUT2D eigenvalue weighted by Crippen LogP contribution is -2.36. The zero-order valence-corrected chi connectivity index (χ0v) is 15.6. The van der Waals surface area contributed by atoms with Crippen molar-refractivity contribution in [3.8, 4) is 5.75 Å². The third-order valence-electron chi connectivity index (χ3n) is 4.28. The number of hydrogen-bond acceptors (Lipinski definition) is 3. The summed E-state index contributed by atoms with van der Waals surface area (Å²) in [6, 6.07) is 16.4. The Labute approximate surface area is 150 Å². The second-order valence-corrected chi connectivity index (χ2v) is 6.48. The van der Waals surface area contributed by atoms with E-state index in [-0.39, 0.29) is 18.6 Å². The summed E-state index contributed by atoms with van der Waals surface area (Å²) < 4.78 is 5.56. The third-order valence-corrected chi connectivity index (χ3v) is 4.28. The fraction of sp³-hybridized carbons (Fsp3) is 0.381. The molecule has 0 spiro atoms. The van der Waals surface area contributed by atoms with Gasteiger partial charge in [0.2, 0.25) is 0 Å². The molecule has 1 atom stereocenters. The molecule has 0 bridgehead atoms. The minimum absolute atomic E-state index is 0.0273. The maximum atomic E-state index is 12.1. The fourth-order valence-electron chi connectivity index (χ4n) is 2.62. The number of aryl methyl sites for hydroxylation is 2. The molecule has 0 heterocycles. The van der Waals surface area contributed by atoms with Crippen molar-refractivity contribution in [1.82, 2.24) is 10.2 Å². The van der Waals surface area contributed by atoms with E-state index in [0.717, 1.165) is 12.2 Å². The summed E-state index contributed by atoms with van der Waals surface area (Å²) in [7, 11) is 4.03. The van der Waals surface area contributed by atoms with Gasteiger partial charge in [-0.25, -0.2) is 0 Å². The van der Waals surface area contributed by atoms with Crippen molar-refractivity contribution in [2.75, 3.05) is 27.2 Å². The van der Waals surface area contributed by atoms with Gasteiger partial charge in [0, 0.05) is 6.54 Å². The number of ether oxygens (including phenoxy) is 1. The van der Waals surface area contributed by atoms with E-state index in [1.165, 1.54) is 16.7 Å². The molecule has 4 heteroatoms. The number of hydrogen-bond donors (Lipinski definition) is 1. The number of rotatable bonds is 8. The van der Waals surface area contributed by atoms with Gasteiger partial charge in [-0.3, -0.25) is 4.79 Å². The minimum Gasteiger partial charge on any atom is -0.484 e. The van der Waals surface area contributed by atoms with Crippen molar-refractivity contribution in [2.45, 2.75) is 26.3 Å². The van der Waals surface area contributed by atoms with Crippen molar-refractivity contribution in [1.29, 1.82) is 0 Å². The summed E-state index contributed by atoms with van der Waals surface area (Å²) in [5.74, 6) is 0.605. The van der Waals surface area contributed by atoms with Gasteiger partial charge in [-0.15, -0.1) is 0 Å². The summed E-state index contributed by atoms with van der Waals surface area (Å²) in [5.41, 5.74) is 3.67. The second-order valence-electron chi connectivity index (χ2n) is 6.48. The number of carbonyl (C=O) groups excluding carboxylic acids is 1. The van der Waals surface area contributed by atoms with Crippen LogP contribution >= 0.6 is 0 Å². The molecule has 0 aliphatic carbocycles. The van der Waals surface area contributed by atoms with Gasteiger partial charge in [0.25, 0.3) is 5.91 Å². The van der Waals surface area contributed by atoms with Crippen LogP contribution in [0.5, 0.6) is 5.75 Å². The molecule has 2 aromatic rings. The predicted molar refractivity (Wildman–Crippen MR) is 102 cm³/mol.